The van der Waals surface area contributed by atoms with Crippen LogP contribution in [-0.2, 0) is 11.8 Å². The number of carbonyl (C=O) groups is 1. The molecular weight excluding hydrogens is 288 g/mol. The summed E-state index contributed by atoms with van der Waals surface area (Å²) in [5.41, 5.74) is 1.73. The minimum Gasteiger partial charge on any atom is -0.426 e. The first-order valence-corrected chi connectivity index (χ1v) is 8.75. The van der Waals surface area contributed by atoms with Gasteiger partial charge in [-0.05, 0) is 68.4 Å². The lowest BCUT2D eigenvalue weighted by molar-refractivity contribution is -0.161. The monoisotopic (exact) mass is 310 g/mol. The molecule has 23 heavy (non-hydrogen) atoms. The fourth-order valence-corrected chi connectivity index (χ4v) is 5.76. The Balaban J connectivity index is 1.42. The predicted octanol–water partition coefficient (Wildman–Crippen LogP) is 3.70. The number of rotatable bonds is 2. The van der Waals surface area contributed by atoms with Gasteiger partial charge in [0, 0.05) is 13.1 Å². The van der Waals surface area contributed by atoms with E-state index in [1.54, 1.807) is 6.33 Å². The number of hydrogen-bond donors (Lipinski definition) is 0. The number of benzene rings is 1. The highest BCUT2D eigenvalue weighted by Crippen LogP contribution is 2.60. The third-order valence-corrected chi connectivity index (χ3v) is 6.38. The Morgan fingerprint density at radius 1 is 1.17 bits per heavy atom. The molecule has 0 spiro atoms. The molecule has 2 aromatic rings. The zero-order chi connectivity index (χ0) is 15.6. The van der Waals surface area contributed by atoms with E-state index in [0.717, 1.165) is 48.0 Å². The van der Waals surface area contributed by atoms with Gasteiger partial charge in [-0.15, -0.1) is 0 Å². The van der Waals surface area contributed by atoms with Gasteiger partial charge in [0.2, 0.25) is 0 Å². The second-order valence-corrected chi connectivity index (χ2v) is 8.09. The molecule has 4 aliphatic rings. The summed E-state index contributed by atoms with van der Waals surface area (Å²) in [5.74, 6) is 2.91. The zero-order valence-corrected chi connectivity index (χ0v) is 13.5. The molecule has 1 aromatic heterocycles. The van der Waals surface area contributed by atoms with Crippen molar-refractivity contribution in [2.24, 2.45) is 30.2 Å². The van der Waals surface area contributed by atoms with Crippen LogP contribution >= 0.6 is 0 Å². The van der Waals surface area contributed by atoms with Gasteiger partial charge >= 0.3 is 5.97 Å². The summed E-state index contributed by atoms with van der Waals surface area (Å²) in [6.07, 6.45) is 8.94. The largest absolute Gasteiger partial charge is 0.426 e. The van der Waals surface area contributed by atoms with Crippen molar-refractivity contribution >= 4 is 17.0 Å². The number of hydrogen-bond acceptors (Lipinski definition) is 3. The molecule has 0 aliphatic heterocycles. The maximum atomic E-state index is 13.0. The SMILES string of the molecule is Cn1cnc2cc(OC(=O)C34CC5CC(CC(C5)C3)C4)ccc21. The van der Waals surface area contributed by atoms with Crippen LogP contribution in [0.25, 0.3) is 11.0 Å². The van der Waals surface area contributed by atoms with Crippen LogP contribution in [-0.4, -0.2) is 15.5 Å². The minimum absolute atomic E-state index is 0.00637. The van der Waals surface area contributed by atoms with Gasteiger partial charge in [0.15, 0.2) is 0 Å². The summed E-state index contributed by atoms with van der Waals surface area (Å²) >= 11 is 0. The van der Waals surface area contributed by atoms with E-state index in [-0.39, 0.29) is 11.4 Å². The standard InChI is InChI=1S/C19H22N2O2/c1-21-11-20-16-7-15(2-3-17(16)21)23-18(22)19-8-12-4-13(9-19)6-14(5-12)10-19/h2-3,7,11-14H,4-6,8-10H2,1H3. The van der Waals surface area contributed by atoms with E-state index >= 15 is 0 Å². The molecule has 0 radical (unpaired) electrons. The number of ether oxygens (including phenoxy) is 1. The average Bonchev–Trinajstić information content (AvgIpc) is 2.87. The van der Waals surface area contributed by atoms with Gasteiger partial charge in [0.05, 0.1) is 22.8 Å². The van der Waals surface area contributed by atoms with E-state index in [1.165, 1.54) is 19.3 Å². The van der Waals surface area contributed by atoms with Gasteiger partial charge in [-0.1, -0.05) is 0 Å². The lowest BCUT2D eigenvalue weighted by atomic mass is 9.49. The number of esters is 1. The van der Waals surface area contributed by atoms with E-state index in [0.29, 0.717) is 5.75 Å². The smallest absolute Gasteiger partial charge is 0.317 e. The van der Waals surface area contributed by atoms with Crippen LogP contribution in [0, 0.1) is 23.2 Å². The highest BCUT2D eigenvalue weighted by molar-refractivity contribution is 5.82. The third kappa shape index (κ3) is 2.03. The quantitative estimate of drug-likeness (QED) is 0.627. The van der Waals surface area contributed by atoms with Crippen molar-refractivity contribution in [2.45, 2.75) is 38.5 Å². The Hall–Kier alpha value is -1.84. The third-order valence-electron chi connectivity index (χ3n) is 6.38. The van der Waals surface area contributed by atoms with Crippen molar-refractivity contribution in [3.05, 3.63) is 24.5 Å². The lowest BCUT2D eigenvalue weighted by Gasteiger charge is -2.55. The molecule has 120 valence electrons. The van der Waals surface area contributed by atoms with Gasteiger partial charge in [0.25, 0.3) is 0 Å². The molecule has 0 N–H and O–H groups in total. The molecule has 0 saturated heterocycles. The first-order chi connectivity index (χ1) is 11.1. The Morgan fingerprint density at radius 3 is 2.48 bits per heavy atom. The van der Waals surface area contributed by atoms with Crippen LogP contribution in [0.1, 0.15) is 38.5 Å². The number of nitrogens with zero attached hydrogens (tertiary/aromatic N) is 2. The van der Waals surface area contributed by atoms with Gasteiger partial charge in [-0.25, -0.2) is 4.98 Å². The lowest BCUT2D eigenvalue weighted by Crippen LogP contribution is -2.51. The van der Waals surface area contributed by atoms with Crippen LogP contribution < -0.4 is 4.74 Å². The summed E-state index contributed by atoms with van der Waals surface area (Å²) in [7, 11) is 1.97. The first-order valence-electron chi connectivity index (χ1n) is 8.75. The van der Waals surface area contributed by atoms with E-state index in [1.807, 2.05) is 29.8 Å². The minimum atomic E-state index is -0.201. The van der Waals surface area contributed by atoms with Crippen LogP contribution in [0.3, 0.4) is 0 Å². The van der Waals surface area contributed by atoms with E-state index in [2.05, 4.69) is 4.98 Å². The number of aromatic nitrogens is 2. The van der Waals surface area contributed by atoms with Gasteiger partial charge < -0.3 is 9.30 Å². The summed E-state index contributed by atoms with van der Waals surface area (Å²) < 4.78 is 7.80. The maximum absolute atomic E-state index is 13.0. The molecule has 4 saturated carbocycles. The van der Waals surface area contributed by atoms with Crippen molar-refractivity contribution in [3.63, 3.8) is 0 Å². The fourth-order valence-electron chi connectivity index (χ4n) is 5.76. The molecule has 4 heteroatoms. The van der Waals surface area contributed by atoms with Crippen molar-refractivity contribution in [2.75, 3.05) is 0 Å². The van der Waals surface area contributed by atoms with Crippen molar-refractivity contribution < 1.29 is 9.53 Å². The van der Waals surface area contributed by atoms with Crippen LogP contribution in [0.5, 0.6) is 5.75 Å². The molecule has 6 rings (SSSR count). The molecule has 0 atom stereocenters. The normalized spacial score (nSPS) is 34.9. The number of imidazole rings is 1. The molecule has 4 bridgehead atoms. The number of aryl methyl sites for hydroxylation is 1. The van der Waals surface area contributed by atoms with E-state index < -0.39 is 0 Å². The molecule has 1 heterocycles. The molecule has 0 amide bonds. The van der Waals surface area contributed by atoms with Gasteiger partial charge in [0.1, 0.15) is 5.75 Å². The summed E-state index contributed by atoms with van der Waals surface area (Å²) in [6.45, 7) is 0. The molecule has 0 unspecified atom stereocenters. The topological polar surface area (TPSA) is 44.1 Å². The molecule has 4 aliphatic carbocycles. The number of fused-ring (bicyclic) bond motifs is 1. The Kier molecular flexibility index (Phi) is 2.71. The van der Waals surface area contributed by atoms with Gasteiger partial charge in [-0.3, -0.25) is 4.79 Å². The summed E-state index contributed by atoms with van der Waals surface area (Å²) in [6, 6.07) is 5.75. The van der Waals surface area contributed by atoms with Crippen LogP contribution in [0.4, 0.5) is 0 Å². The predicted molar refractivity (Wildman–Crippen MR) is 87.0 cm³/mol. The highest BCUT2D eigenvalue weighted by atomic mass is 16.5. The Morgan fingerprint density at radius 2 is 1.83 bits per heavy atom. The number of carbonyl (C=O) groups excluding carboxylic acids is 1. The van der Waals surface area contributed by atoms with Crippen molar-refractivity contribution in [1.29, 1.82) is 0 Å². The molecular formula is C19H22N2O2. The summed E-state index contributed by atoms with van der Waals surface area (Å²) in [5, 5.41) is 0. The zero-order valence-electron chi connectivity index (χ0n) is 13.5. The van der Waals surface area contributed by atoms with Crippen LogP contribution in [0.15, 0.2) is 24.5 Å². The van der Waals surface area contributed by atoms with Crippen molar-refractivity contribution in [3.8, 4) is 5.75 Å². The molecule has 4 fully saturated rings. The fraction of sp³-hybridized carbons (Fsp3) is 0.579. The van der Waals surface area contributed by atoms with E-state index in [9.17, 15) is 4.79 Å². The molecule has 4 nitrogen and oxygen atoms in total. The Labute approximate surface area is 135 Å². The average molecular weight is 310 g/mol. The van der Waals surface area contributed by atoms with Crippen molar-refractivity contribution in [1.82, 2.24) is 9.55 Å². The second-order valence-electron chi connectivity index (χ2n) is 8.09. The first kappa shape index (κ1) is 13.6. The van der Waals surface area contributed by atoms with E-state index in [4.69, 9.17) is 4.74 Å². The Bertz CT molecular complexity index is 756. The maximum Gasteiger partial charge on any atom is 0.317 e. The second kappa shape index (κ2) is 4.59. The summed E-state index contributed by atoms with van der Waals surface area (Å²) in [4.78, 5) is 17.3. The van der Waals surface area contributed by atoms with Crippen LogP contribution in [0.2, 0.25) is 0 Å². The molecule has 1 aromatic carbocycles. The van der Waals surface area contributed by atoms with Gasteiger partial charge in [-0.2, -0.15) is 0 Å². The highest BCUT2D eigenvalue weighted by Gasteiger charge is 2.55.